The molecule has 1 heterocycles. The van der Waals surface area contributed by atoms with E-state index >= 15 is 0 Å². The lowest BCUT2D eigenvalue weighted by Crippen LogP contribution is -2.27. The second kappa shape index (κ2) is 9.28. The number of rotatable bonds is 8. The van der Waals surface area contributed by atoms with E-state index < -0.39 is 0 Å². The number of methoxy groups -OCH3 is 1. The highest BCUT2D eigenvalue weighted by molar-refractivity contribution is 5.78. The van der Waals surface area contributed by atoms with Crippen molar-refractivity contribution < 1.29 is 13.9 Å². The molecular weight excluding hydrogens is 366 g/mol. The van der Waals surface area contributed by atoms with Crippen LogP contribution >= 0.6 is 0 Å². The molecule has 3 rings (SSSR count). The van der Waals surface area contributed by atoms with Crippen LogP contribution in [0.15, 0.2) is 52.9 Å². The molecule has 0 aliphatic rings. The number of nitrogens with zero attached hydrogens (tertiary/aromatic N) is 2. The first-order valence-electron chi connectivity index (χ1n) is 9.60. The van der Waals surface area contributed by atoms with Gasteiger partial charge < -0.3 is 19.4 Å². The zero-order chi connectivity index (χ0) is 20.8. The number of hydrogen-bond donors (Lipinski definition) is 1. The van der Waals surface area contributed by atoms with E-state index in [-0.39, 0.29) is 12.3 Å². The fourth-order valence-electron chi connectivity index (χ4n) is 2.97. The summed E-state index contributed by atoms with van der Waals surface area (Å²) < 4.78 is 10.9. The normalized spacial score (nSPS) is 10.6. The van der Waals surface area contributed by atoms with Crippen molar-refractivity contribution in [1.29, 1.82) is 0 Å². The van der Waals surface area contributed by atoms with Crippen LogP contribution in [0.4, 0.5) is 5.69 Å². The molecule has 152 valence electrons. The van der Waals surface area contributed by atoms with Crippen LogP contribution in [0.3, 0.4) is 0 Å². The van der Waals surface area contributed by atoms with E-state index in [2.05, 4.69) is 39.5 Å². The quantitative estimate of drug-likeness (QED) is 0.633. The molecule has 6 heteroatoms. The van der Waals surface area contributed by atoms with Crippen molar-refractivity contribution in [3.05, 3.63) is 65.5 Å². The number of carbonyl (C=O) groups is 1. The molecule has 0 saturated carbocycles. The Morgan fingerprint density at radius 1 is 1.10 bits per heavy atom. The Hall–Kier alpha value is -3.28. The maximum Gasteiger partial charge on any atom is 0.226 e. The lowest BCUT2D eigenvalue weighted by Gasteiger charge is -2.12. The Morgan fingerprint density at radius 3 is 2.41 bits per heavy atom. The van der Waals surface area contributed by atoms with Gasteiger partial charge in [0, 0.05) is 31.9 Å². The van der Waals surface area contributed by atoms with Crippen LogP contribution in [-0.2, 0) is 17.6 Å². The topological polar surface area (TPSA) is 67.6 Å². The zero-order valence-electron chi connectivity index (χ0n) is 17.4. The van der Waals surface area contributed by atoms with Gasteiger partial charge in [0.2, 0.25) is 11.8 Å². The predicted molar refractivity (Wildman–Crippen MR) is 114 cm³/mol. The second-order valence-corrected chi connectivity index (χ2v) is 7.09. The second-order valence-electron chi connectivity index (χ2n) is 7.09. The Kier molecular flexibility index (Phi) is 6.54. The van der Waals surface area contributed by atoms with E-state index in [4.69, 9.17) is 9.15 Å². The lowest BCUT2D eigenvalue weighted by atomic mass is 10.1. The van der Waals surface area contributed by atoms with Crippen molar-refractivity contribution in [3.8, 4) is 17.2 Å². The fraction of sp³-hybridized carbons (Fsp3) is 0.304. The molecule has 0 atom stereocenters. The number of amides is 1. The number of carbonyl (C=O) groups excluding carboxylic acids is 1. The Bertz CT molecular complexity index is 945. The average molecular weight is 393 g/mol. The van der Waals surface area contributed by atoms with Crippen molar-refractivity contribution >= 4 is 11.6 Å². The molecule has 0 saturated heterocycles. The summed E-state index contributed by atoms with van der Waals surface area (Å²) in [5.41, 5.74) is 3.85. The van der Waals surface area contributed by atoms with Crippen molar-refractivity contribution in [3.63, 3.8) is 0 Å². The average Bonchev–Trinajstić information content (AvgIpc) is 3.08. The standard InChI is InChI=1S/C23H27N3O3/c1-16-21(25-23(29-16)18-7-11-20(28-4)12-8-18)15-22(27)24-14-13-17-5-9-19(10-6-17)26(2)3/h5-12H,13-15H2,1-4H3,(H,24,27). The van der Waals surface area contributed by atoms with Gasteiger partial charge in [0.05, 0.1) is 19.2 Å². The molecule has 0 aliphatic heterocycles. The summed E-state index contributed by atoms with van der Waals surface area (Å²) >= 11 is 0. The van der Waals surface area contributed by atoms with Crippen LogP contribution in [0.1, 0.15) is 17.0 Å². The largest absolute Gasteiger partial charge is 0.497 e. The third-order valence-electron chi connectivity index (χ3n) is 4.75. The zero-order valence-corrected chi connectivity index (χ0v) is 17.4. The highest BCUT2D eigenvalue weighted by Crippen LogP contribution is 2.24. The van der Waals surface area contributed by atoms with Crippen LogP contribution in [0.5, 0.6) is 5.75 Å². The van der Waals surface area contributed by atoms with Gasteiger partial charge in [-0.1, -0.05) is 12.1 Å². The highest BCUT2D eigenvalue weighted by atomic mass is 16.5. The molecule has 0 spiro atoms. The van der Waals surface area contributed by atoms with Crippen molar-refractivity contribution in [2.24, 2.45) is 0 Å². The molecule has 0 bridgehead atoms. The van der Waals surface area contributed by atoms with E-state index in [9.17, 15) is 4.79 Å². The van der Waals surface area contributed by atoms with Gasteiger partial charge in [-0.05, 0) is 55.3 Å². The monoisotopic (exact) mass is 393 g/mol. The number of benzene rings is 2. The minimum absolute atomic E-state index is 0.0624. The van der Waals surface area contributed by atoms with Gasteiger partial charge in [-0.2, -0.15) is 0 Å². The van der Waals surface area contributed by atoms with E-state index in [1.807, 2.05) is 45.3 Å². The molecule has 1 aromatic heterocycles. The van der Waals surface area contributed by atoms with Gasteiger partial charge in [-0.15, -0.1) is 0 Å². The van der Waals surface area contributed by atoms with Crippen molar-refractivity contribution in [1.82, 2.24) is 10.3 Å². The molecule has 0 radical (unpaired) electrons. The van der Waals surface area contributed by atoms with Gasteiger partial charge in [-0.3, -0.25) is 4.79 Å². The van der Waals surface area contributed by atoms with E-state index in [1.54, 1.807) is 7.11 Å². The number of hydrogen-bond acceptors (Lipinski definition) is 5. The minimum Gasteiger partial charge on any atom is -0.497 e. The summed E-state index contributed by atoms with van der Waals surface area (Å²) in [5, 5.41) is 2.96. The van der Waals surface area contributed by atoms with E-state index in [0.29, 0.717) is 23.9 Å². The van der Waals surface area contributed by atoms with Crippen LogP contribution in [-0.4, -0.2) is 38.6 Å². The van der Waals surface area contributed by atoms with Gasteiger partial charge in [-0.25, -0.2) is 4.98 Å². The third kappa shape index (κ3) is 5.38. The molecule has 1 N–H and O–H groups in total. The smallest absolute Gasteiger partial charge is 0.226 e. The first-order valence-corrected chi connectivity index (χ1v) is 9.60. The summed E-state index contributed by atoms with van der Waals surface area (Å²) in [6.07, 6.45) is 0.986. The van der Waals surface area contributed by atoms with Crippen molar-refractivity contribution in [2.45, 2.75) is 19.8 Å². The third-order valence-corrected chi connectivity index (χ3v) is 4.75. The molecular formula is C23H27N3O3. The number of nitrogens with one attached hydrogen (secondary N) is 1. The van der Waals surface area contributed by atoms with Gasteiger partial charge in [0.15, 0.2) is 0 Å². The maximum atomic E-state index is 12.3. The van der Waals surface area contributed by atoms with Crippen molar-refractivity contribution in [2.75, 3.05) is 32.6 Å². The first-order chi connectivity index (χ1) is 14.0. The number of oxazole rings is 1. The van der Waals surface area contributed by atoms with Gasteiger partial charge in [0.25, 0.3) is 0 Å². The van der Waals surface area contributed by atoms with Crippen LogP contribution in [0.25, 0.3) is 11.5 Å². The Labute approximate surface area is 171 Å². The summed E-state index contributed by atoms with van der Waals surface area (Å²) in [6.45, 7) is 2.41. The number of anilines is 1. The number of ether oxygens (including phenoxy) is 1. The molecule has 0 unspecified atom stereocenters. The molecule has 0 fully saturated rings. The predicted octanol–water partition coefficient (Wildman–Crippen LogP) is 3.63. The van der Waals surface area contributed by atoms with E-state index in [0.717, 1.165) is 23.4 Å². The lowest BCUT2D eigenvalue weighted by molar-refractivity contribution is -0.120. The van der Waals surface area contributed by atoms with E-state index in [1.165, 1.54) is 5.56 Å². The molecule has 6 nitrogen and oxygen atoms in total. The Balaban J connectivity index is 1.53. The minimum atomic E-state index is -0.0624. The van der Waals surface area contributed by atoms with Gasteiger partial charge in [0.1, 0.15) is 11.5 Å². The first kappa shape index (κ1) is 20.5. The fourth-order valence-corrected chi connectivity index (χ4v) is 2.97. The van der Waals surface area contributed by atoms with Crippen LogP contribution in [0, 0.1) is 6.92 Å². The molecule has 0 aliphatic carbocycles. The van der Waals surface area contributed by atoms with Crippen LogP contribution in [0.2, 0.25) is 0 Å². The molecule has 1 amide bonds. The molecule has 3 aromatic rings. The number of aromatic nitrogens is 1. The van der Waals surface area contributed by atoms with Crippen LogP contribution < -0.4 is 15.0 Å². The van der Waals surface area contributed by atoms with Gasteiger partial charge >= 0.3 is 0 Å². The SMILES string of the molecule is COc1ccc(-c2nc(CC(=O)NCCc3ccc(N(C)C)cc3)c(C)o2)cc1. The molecule has 29 heavy (non-hydrogen) atoms. The summed E-state index contributed by atoms with van der Waals surface area (Å²) in [7, 11) is 5.65. The Morgan fingerprint density at radius 2 is 1.79 bits per heavy atom. The summed E-state index contributed by atoms with van der Waals surface area (Å²) in [4.78, 5) is 18.9. The molecule has 2 aromatic carbocycles. The summed E-state index contributed by atoms with van der Waals surface area (Å²) in [6, 6.07) is 15.8. The highest BCUT2D eigenvalue weighted by Gasteiger charge is 2.14. The summed E-state index contributed by atoms with van der Waals surface area (Å²) in [5.74, 6) is 1.87. The maximum absolute atomic E-state index is 12.3. The number of aryl methyl sites for hydroxylation is 1.